The average molecular weight is 272 g/mol. The van der Waals surface area contributed by atoms with Crippen LogP contribution in [0.2, 0.25) is 5.02 Å². The normalized spacial score (nSPS) is 17.7. The van der Waals surface area contributed by atoms with E-state index in [1.807, 2.05) is 0 Å². The summed E-state index contributed by atoms with van der Waals surface area (Å²) >= 11 is 5.90. The lowest BCUT2D eigenvalue weighted by molar-refractivity contribution is -0.384. The number of nitro groups is 1. The van der Waals surface area contributed by atoms with E-state index < -0.39 is 10.5 Å². The van der Waals surface area contributed by atoms with Gasteiger partial charge in [0.05, 0.1) is 21.6 Å². The zero-order valence-electron chi connectivity index (χ0n) is 9.76. The van der Waals surface area contributed by atoms with Gasteiger partial charge in [0.2, 0.25) is 0 Å². The minimum Gasteiger partial charge on any atom is -0.489 e. The number of ether oxygens (including phenoxy) is 1. The van der Waals surface area contributed by atoms with Crippen molar-refractivity contribution in [1.82, 2.24) is 0 Å². The van der Waals surface area contributed by atoms with Crippen molar-refractivity contribution in [2.24, 2.45) is 0 Å². The van der Waals surface area contributed by atoms with Crippen LogP contribution in [0, 0.1) is 10.1 Å². The molecular weight excluding hydrogens is 258 g/mol. The van der Waals surface area contributed by atoms with E-state index in [2.05, 4.69) is 0 Å². The van der Waals surface area contributed by atoms with Gasteiger partial charge in [0.25, 0.3) is 5.69 Å². The molecule has 1 saturated carbocycles. The summed E-state index contributed by atoms with van der Waals surface area (Å²) in [5.74, 6) is 0.242. The van der Waals surface area contributed by atoms with Crippen molar-refractivity contribution in [2.75, 3.05) is 6.61 Å². The molecule has 0 aliphatic heterocycles. The predicted octanol–water partition coefficient (Wildman–Crippen LogP) is 2.93. The molecule has 18 heavy (non-hydrogen) atoms. The molecule has 1 fully saturated rings. The smallest absolute Gasteiger partial charge is 0.273 e. The third-order valence-electron chi connectivity index (χ3n) is 3.16. The van der Waals surface area contributed by atoms with Gasteiger partial charge in [0, 0.05) is 6.07 Å². The molecule has 1 aromatic carbocycles. The highest BCUT2D eigenvalue weighted by atomic mass is 35.5. The van der Waals surface area contributed by atoms with Gasteiger partial charge in [0.1, 0.15) is 12.4 Å². The van der Waals surface area contributed by atoms with Crippen molar-refractivity contribution in [3.8, 4) is 5.75 Å². The van der Waals surface area contributed by atoms with Crippen molar-refractivity contribution in [3.05, 3.63) is 33.3 Å². The van der Waals surface area contributed by atoms with E-state index in [-0.39, 0.29) is 18.0 Å². The molecule has 0 saturated heterocycles. The second-order valence-electron chi connectivity index (χ2n) is 4.59. The predicted molar refractivity (Wildman–Crippen MR) is 67.0 cm³/mol. The molecule has 0 amide bonds. The number of halogens is 1. The molecule has 0 radical (unpaired) electrons. The standard InChI is InChI=1S/C12H14ClNO4/c13-10-4-3-9(14(16)17)7-11(10)18-8-12(15)5-1-2-6-12/h3-4,7,15H,1-2,5-6,8H2. The molecule has 1 aliphatic rings. The van der Waals surface area contributed by atoms with E-state index in [1.54, 1.807) is 0 Å². The summed E-state index contributed by atoms with van der Waals surface area (Å²) in [7, 11) is 0. The number of nitro benzene ring substituents is 1. The van der Waals surface area contributed by atoms with E-state index in [0.717, 1.165) is 12.8 Å². The van der Waals surface area contributed by atoms with Crippen molar-refractivity contribution < 1.29 is 14.8 Å². The molecule has 2 rings (SSSR count). The first kappa shape index (κ1) is 13.1. The molecule has 1 aliphatic carbocycles. The van der Waals surface area contributed by atoms with Gasteiger partial charge in [-0.3, -0.25) is 10.1 Å². The van der Waals surface area contributed by atoms with Crippen molar-refractivity contribution in [3.63, 3.8) is 0 Å². The van der Waals surface area contributed by atoms with Gasteiger partial charge in [-0.25, -0.2) is 0 Å². The number of nitrogens with zero attached hydrogens (tertiary/aromatic N) is 1. The zero-order chi connectivity index (χ0) is 13.2. The fourth-order valence-electron chi connectivity index (χ4n) is 2.11. The van der Waals surface area contributed by atoms with Gasteiger partial charge >= 0.3 is 0 Å². The first-order valence-electron chi connectivity index (χ1n) is 5.79. The van der Waals surface area contributed by atoms with Crippen LogP contribution in [0.15, 0.2) is 18.2 Å². The Kier molecular flexibility index (Phi) is 3.73. The quantitative estimate of drug-likeness (QED) is 0.675. The Balaban J connectivity index is 2.08. The Bertz CT molecular complexity index is 457. The Morgan fingerprint density at radius 2 is 2.11 bits per heavy atom. The Hall–Kier alpha value is -1.33. The van der Waals surface area contributed by atoms with E-state index in [0.29, 0.717) is 17.9 Å². The molecule has 6 heteroatoms. The molecule has 0 bridgehead atoms. The van der Waals surface area contributed by atoms with Crippen molar-refractivity contribution >= 4 is 17.3 Å². The minimum atomic E-state index is -0.825. The number of aliphatic hydroxyl groups is 1. The molecule has 5 nitrogen and oxygen atoms in total. The summed E-state index contributed by atoms with van der Waals surface area (Å²) < 4.78 is 5.43. The van der Waals surface area contributed by atoms with Crippen LogP contribution in [0.3, 0.4) is 0 Å². The largest absolute Gasteiger partial charge is 0.489 e. The van der Waals surface area contributed by atoms with Crippen molar-refractivity contribution in [2.45, 2.75) is 31.3 Å². The Morgan fingerprint density at radius 1 is 1.44 bits per heavy atom. The first-order chi connectivity index (χ1) is 8.50. The third kappa shape index (κ3) is 2.91. The summed E-state index contributed by atoms with van der Waals surface area (Å²) in [4.78, 5) is 10.1. The summed E-state index contributed by atoms with van der Waals surface area (Å²) in [6.07, 6.45) is 3.34. The molecule has 0 atom stereocenters. The van der Waals surface area contributed by atoms with Crippen molar-refractivity contribution in [1.29, 1.82) is 0 Å². The Morgan fingerprint density at radius 3 is 2.72 bits per heavy atom. The molecule has 1 N–H and O–H groups in total. The van der Waals surface area contributed by atoms with Gasteiger partial charge in [-0.05, 0) is 18.9 Å². The molecule has 1 aromatic rings. The van der Waals surface area contributed by atoms with Crippen LogP contribution < -0.4 is 4.74 Å². The van der Waals surface area contributed by atoms with Crippen LogP contribution >= 0.6 is 11.6 Å². The van der Waals surface area contributed by atoms with Gasteiger partial charge in [-0.15, -0.1) is 0 Å². The summed E-state index contributed by atoms with van der Waals surface area (Å²) in [5.41, 5.74) is -0.902. The second-order valence-corrected chi connectivity index (χ2v) is 5.00. The lowest BCUT2D eigenvalue weighted by atomic mass is 10.0. The zero-order valence-corrected chi connectivity index (χ0v) is 10.5. The first-order valence-corrected chi connectivity index (χ1v) is 6.17. The van der Waals surface area contributed by atoms with E-state index in [4.69, 9.17) is 16.3 Å². The highest BCUT2D eigenvalue weighted by Crippen LogP contribution is 2.33. The average Bonchev–Trinajstić information content (AvgIpc) is 2.75. The number of hydrogen-bond donors (Lipinski definition) is 1. The van der Waals surface area contributed by atoms with Crippen LogP contribution in [0.1, 0.15) is 25.7 Å². The van der Waals surface area contributed by atoms with Gasteiger partial charge in [-0.1, -0.05) is 24.4 Å². The van der Waals surface area contributed by atoms with Gasteiger partial charge in [-0.2, -0.15) is 0 Å². The van der Waals surface area contributed by atoms with Gasteiger partial charge < -0.3 is 9.84 Å². The van der Waals surface area contributed by atoms with Gasteiger partial charge in [0.15, 0.2) is 0 Å². The van der Waals surface area contributed by atoms with E-state index in [9.17, 15) is 15.2 Å². The molecule has 0 heterocycles. The SMILES string of the molecule is O=[N+]([O-])c1ccc(Cl)c(OCC2(O)CCCC2)c1. The fourth-order valence-corrected chi connectivity index (χ4v) is 2.28. The molecule has 0 unspecified atom stereocenters. The summed E-state index contributed by atoms with van der Waals surface area (Å²) in [5, 5.41) is 21.1. The van der Waals surface area contributed by atoms with Crippen LogP contribution in [-0.2, 0) is 0 Å². The van der Waals surface area contributed by atoms with Crippen LogP contribution in [0.4, 0.5) is 5.69 Å². The van der Waals surface area contributed by atoms with E-state index >= 15 is 0 Å². The Labute approximate surface area is 109 Å². The van der Waals surface area contributed by atoms with Crippen LogP contribution in [0.5, 0.6) is 5.75 Å². The maximum Gasteiger partial charge on any atom is 0.273 e. The monoisotopic (exact) mass is 271 g/mol. The molecule has 0 spiro atoms. The summed E-state index contributed by atoms with van der Waals surface area (Å²) in [6.45, 7) is 0.119. The maximum absolute atomic E-state index is 10.6. The molecular formula is C12H14ClNO4. The number of benzene rings is 1. The lowest BCUT2D eigenvalue weighted by Gasteiger charge is -2.22. The highest BCUT2D eigenvalue weighted by Gasteiger charge is 2.32. The van der Waals surface area contributed by atoms with Crippen LogP contribution in [0.25, 0.3) is 0 Å². The number of hydrogen-bond acceptors (Lipinski definition) is 4. The van der Waals surface area contributed by atoms with Crippen LogP contribution in [-0.4, -0.2) is 22.2 Å². The minimum absolute atomic E-state index is 0.0761. The fraction of sp³-hybridized carbons (Fsp3) is 0.500. The topological polar surface area (TPSA) is 72.6 Å². The highest BCUT2D eigenvalue weighted by molar-refractivity contribution is 6.32. The lowest BCUT2D eigenvalue weighted by Crippen LogP contribution is -2.32. The second kappa shape index (κ2) is 5.12. The van der Waals surface area contributed by atoms with E-state index in [1.165, 1.54) is 18.2 Å². The number of rotatable bonds is 4. The number of non-ortho nitro benzene ring substituents is 1. The molecule has 0 aromatic heterocycles. The maximum atomic E-state index is 10.6. The third-order valence-corrected chi connectivity index (χ3v) is 3.47. The molecule has 98 valence electrons. The summed E-state index contributed by atoms with van der Waals surface area (Å²) in [6, 6.07) is 4.02.